The highest BCUT2D eigenvalue weighted by molar-refractivity contribution is 6.39. The Morgan fingerprint density at radius 1 is 0.830 bits per heavy atom. The van der Waals surface area contributed by atoms with E-state index in [-0.39, 0.29) is 35.3 Å². The van der Waals surface area contributed by atoms with Crippen LogP contribution in [0, 0.1) is 0 Å². The predicted octanol–water partition coefficient (Wildman–Crippen LogP) is 3.91. The number of carbonyl (C=O) groups excluding carboxylic acids is 4. The number of aliphatic carboxylic acids is 1. The molecule has 4 amide bonds. The van der Waals surface area contributed by atoms with Crippen LogP contribution in [0.25, 0.3) is 0 Å². The number of nitrogens with one attached hydrogen (secondary N) is 3. The second-order valence-electron chi connectivity index (χ2n) is 11.0. The van der Waals surface area contributed by atoms with Crippen molar-refractivity contribution in [2.24, 2.45) is 0 Å². The van der Waals surface area contributed by atoms with Crippen LogP contribution in [0.4, 0.5) is 11.4 Å². The molecule has 0 aliphatic carbocycles. The van der Waals surface area contributed by atoms with E-state index in [1.807, 2.05) is 37.3 Å². The Labute approximate surface area is 273 Å². The third-order valence-corrected chi connectivity index (χ3v) is 7.47. The fraction of sp³-hybridized carbons (Fsp3) is 0.314. The number of rotatable bonds is 15. The van der Waals surface area contributed by atoms with Gasteiger partial charge in [0.25, 0.3) is 0 Å². The van der Waals surface area contributed by atoms with Crippen LogP contribution in [0.3, 0.4) is 0 Å². The Balaban J connectivity index is 1.68. The van der Waals surface area contributed by atoms with Crippen molar-refractivity contribution in [3.8, 4) is 0 Å². The number of nitrogens with zero attached hydrogens (tertiary/aromatic N) is 1. The van der Waals surface area contributed by atoms with E-state index in [2.05, 4.69) is 16.0 Å². The highest BCUT2D eigenvalue weighted by atomic mass is 16.4. The van der Waals surface area contributed by atoms with Crippen LogP contribution in [0.1, 0.15) is 73.1 Å². The van der Waals surface area contributed by atoms with Gasteiger partial charge in [0.1, 0.15) is 6.04 Å². The standard InChI is InChI=1S/C35H40N4O8/c1-4-25-20-24(17-18-29(25)39(33(43)35(46)47)30-15-9-8-14-27(30)34(44)45)21-28(38-23(3)40)32(42)36-19-11-10-16-31(41)37-22(2)26-12-6-5-7-13-26/h5-9,12-15,17-18,20,22,28H,4,10-11,16,19,21H2,1-3H3,(H,36,42)(H,37,41)(H,38,40)(H,44,45)(H,46,47)/t22?,28-/m0/s1. The molecule has 0 saturated carbocycles. The zero-order chi connectivity index (χ0) is 34.5. The Kier molecular flexibility index (Phi) is 13.2. The summed E-state index contributed by atoms with van der Waals surface area (Å²) in [5.41, 5.74) is 1.98. The zero-order valence-electron chi connectivity index (χ0n) is 26.6. The average Bonchev–Trinajstić information content (AvgIpc) is 3.05. The molecule has 2 atom stereocenters. The van der Waals surface area contributed by atoms with Crippen molar-refractivity contribution in [2.75, 3.05) is 11.4 Å². The van der Waals surface area contributed by atoms with Crippen molar-refractivity contribution in [1.82, 2.24) is 16.0 Å². The van der Waals surface area contributed by atoms with E-state index in [0.717, 1.165) is 10.5 Å². The molecule has 248 valence electrons. The van der Waals surface area contributed by atoms with E-state index in [0.29, 0.717) is 43.4 Å². The lowest BCUT2D eigenvalue weighted by Gasteiger charge is -2.26. The van der Waals surface area contributed by atoms with Crippen LogP contribution >= 0.6 is 0 Å². The topological polar surface area (TPSA) is 182 Å². The van der Waals surface area contributed by atoms with Gasteiger partial charge >= 0.3 is 17.8 Å². The molecule has 0 saturated heterocycles. The van der Waals surface area contributed by atoms with Crippen LogP contribution in [0.2, 0.25) is 0 Å². The SMILES string of the molecule is CCc1cc(C[C@H](NC(C)=O)C(=O)NCCCCC(=O)NC(C)c2ccccc2)ccc1N(C(=O)C(=O)O)c1ccccc1C(=O)O. The molecule has 0 bridgehead atoms. The molecule has 0 heterocycles. The Bertz CT molecular complexity index is 1610. The number of aryl methyl sites for hydroxylation is 1. The maximum Gasteiger partial charge on any atom is 0.395 e. The number of benzene rings is 3. The van der Waals surface area contributed by atoms with Gasteiger partial charge in [-0.15, -0.1) is 0 Å². The van der Waals surface area contributed by atoms with Gasteiger partial charge < -0.3 is 26.2 Å². The summed E-state index contributed by atoms with van der Waals surface area (Å²) in [4.78, 5) is 74.8. The molecule has 12 heteroatoms. The minimum absolute atomic E-state index is 0.0888. The molecule has 1 unspecified atom stereocenters. The monoisotopic (exact) mass is 644 g/mol. The molecular weight excluding hydrogens is 604 g/mol. The Morgan fingerprint density at radius 3 is 2.15 bits per heavy atom. The molecular formula is C35H40N4O8. The largest absolute Gasteiger partial charge is 0.478 e. The molecule has 0 aliphatic rings. The van der Waals surface area contributed by atoms with Crippen LogP contribution < -0.4 is 20.9 Å². The van der Waals surface area contributed by atoms with Gasteiger partial charge in [0, 0.05) is 26.3 Å². The summed E-state index contributed by atoms with van der Waals surface area (Å²) in [7, 11) is 0. The summed E-state index contributed by atoms with van der Waals surface area (Å²) < 4.78 is 0. The molecule has 0 aliphatic heterocycles. The molecule has 0 fully saturated rings. The Morgan fingerprint density at radius 2 is 1.51 bits per heavy atom. The van der Waals surface area contributed by atoms with Gasteiger partial charge in [0.05, 0.1) is 23.0 Å². The summed E-state index contributed by atoms with van der Waals surface area (Å²) in [5.74, 6) is -5.34. The van der Waals surface area contributed by atoms with E-state index in [1.54, 1.807) is 19.1 Å². The van der Waals surface area contributed by atoms with E-state index in [4.69, 9.17) is 0 Å². The van der Waals surface area contributed by atoms with Gasteiger partial charge in [-0.3, -0.25) is 24.1 Å². The molecule has 0 aromatic heterocycles. The molecule has 12 nitrogen and oxygen atoms in total. The maximum atomic E-state index is 13.1. The minimum Gasteiger partial charge on any atom is -0.478 e. The highest BCUT2D eigenvalue weighted by Crippen LogP contribution is 2.33. The van der Waals surface area contributed by atoms with Gasteiger partial charge in [-0.2, -0.15) is 0 Å². The van der Waals surface area contributed by atoms with Crippen molar-refractivity contribution in [2.45, 2.75) is 65.0 Å². The lowest BCUT2D eigenvalue weighted by Crippen LogP contribution is -2.47. The molecule has 47 heavy (non-hydrogen) atoms. The first-order valence-corrected chi connectivity index (χ1v) is 15.3. The minimum atomic E-state index is -1.76. The second kappa shape index (κ2) is 17.2. The molecule has 3 aromatic rings. The molecule has 5 N–H and O–H groups in total. The molecule has 3 aromatic carbocycles. The fourth-order valence-corrected chi connectivity index (χ4v) is 5.14. The summed E-state index contributed by atoms with van der Waals surface area (Å²) in [6.07, 6.45) is 1.84. The van der Waals surface area contributed by atoms with Crippen LogP contribution in [-0.2, 0) is 36.8 Å². The van der Waals surface area contributed by atoms with Crippen molar-refractivity contribution >= 4 is 46.9 Å². The average molecular weight is 645 g/mol. The van der Waals surface area contributed by atoms with Gasteiger partial charge in [-0.25, -0.2) is 9.59 Å². The van der Waals surface area contributed by atoms with Gasteiger partial charge in [-0.05, 0) is 61.1 Å². The summed E-state index contributed by atoms with van der Waals surface area (Å²) in [6, 6.07) is 19.0. The first-order chi connectivity index (χ1) is 22.4. The first-order valence-electron chi connectivity index (χ1n) is 15.3. The zero-order valence-corrected chi connectivity index (χ0v) is 26.6. The second-order valence-corrected chi connectivity index (χ2v) is 11.0. The number of amides is 4. The van der Waals surface area contributed by atoms with E-state index in [1.165, 1.54) is 37.3 Å². The van der Waals surface area contributed by atoms with Gasteiger partial charge in [0.15, 0.2) is 0 Å². The lowest BCUT2D eigenvalue weighted by molar-refractivity contribution is -0.148. The molecule has 3 rings (SSSR count). The van der Waals surface area contributed by atoms with E-state index in [9.17, 15) is 39.0 Å². The first kappa shape index (κ1) is 36.0. The van der Waals surface area contributed by atoms with Crippen LogP contribution in [0.5, 0.6) is 0 Å². The maximum absolute atomic E-state index is 13.1. The number of anilines is 2. The quantitative estimate of drug-likeness (QED) is 0.122. The fourth-order valence-electron chi connectivity index (χ4n) is 5.14. The Hall–Kier alpha value is -5.52. The lowest BCUT2D eigenvalue weighted by atomic mass is 9.99. The summed E-state index contributed by atoms with van der Waals surface area (Å²) in [6.45, 7) is 5.29. The van der Waals surface area contributed by atoms with Crippen molar-refractivity contribution in [3.05, 3.63) is 95.1 Å². The van der Waals surface area contributed by atoms with Gasteiger partial charge in [0.2, 0.25) is 17.7 Å². The third kappa shape index (κ3) is 10.2. The number of aromatic carboxylic acids is 1. The van der Waals surface area contributed by atoms with Crippen molar-refractivity contribution in [3.63, 3.8) is 0 Å². The summed E-state index contributed by atoms with van der Waals surface area (Å²) in [5, 5.41) is 27.7. The number of hydrogen-bond donors (Lipinski definition) is 5. The van der Waals surface area contributed by atoms with Crippen molar-refractivity contribution < 1.29 is 39.0 Å². The van der Waals surface area contributed by atoms with Crippen LogP contribution in [-0.4, -0.2) is 58.4 Å². The number of para-hydroxylation sites is 1. The highest BCUT2D eigenvalue weighted by Gasteiger charge is 2.30. The van der Waals surface area contributed by atoms with E-state index < -0.39 is 35.7 Å². The molecule has 0 spiro atoms. The summed E-state index contributed by atoms with van der Waals surface area (Å²) >= 11 is 0. The molecule has 0 radical (unpaired) electrons. The van der Waals surface area contributed by atoms with Gasteiger partial charge in [-0.1, -0.05) is 61.5 Å². The number of unbranched alkanes of at least 4 members (excludes halogenated alkanes) is 1. The number of hydrogen-bond acceptors (Lipinski definition) is 6. The number of carboxylic acid groups (broad SMARTS) is 2. The number of carboxylic acids is 2. The van der Waals surface area contributed by atoms with E-state index >= 15 is 0 Å². The third-order valence-electron chi connectivity index (χ3n) is 7.47. The smallest absolute Gasteiger partial charge is 0.395 e. The normalized spacial score (nSPS) is 11.9. The van der Waals surface area contributed by atoms with Crippen molar-refractivity contribution in [1.29, 1.82) is 0 Å². The van der Waals surface area contributed by atoms with Crippen LogP contribution in [0.15, 0.2) is 72.8 Å². The predicted molar refractivity (Wildman–Crippen MR) is 175 cm³/mol. The number of carbonyl (C=O) groups is 6.